The van der Waals surface area contributed by atoms with Crippen LogP contribution in [-0.4, -0.2) is 89.7 Å². The first-order valence-corrected chi connectivity index (χ1v) is 18.7. The van der Waals surface area contributed by atoms with E-state index in [1.807, 2.05) is 20.8 Å². The molecule has 0 bridgehead atoms. The molecule has 270 valence electrons. The van der Waals surface area contributed by atoms with Gasteiger partial charge in [-0.15, -0.1) is 0 Å². The van der Waals surface area contributed by atoms with E-state index in [0.29, 0.717) is 19.4 Å². The first-order valence-electron chi connectivity index (χ1n) is 18.7. The molecule has 1 unspecified atom stereocenters. The van der Waals surface area contributed by atoms with Gasteiger partial charge in [0, 0.05) is 24.5 Å². The first kappa shape index (κ1) is 36.6. The quantitative estimate of drug-likeness (QED) is 0.232. The first-order chi connectivity index (χ1) is 22.4. The summed E-state index contributed by atoms with van der Waals surface area (Å²) in [6.45, 7) is 17.7. The van der Waals surface area contributed by atoms with Crippen LogP contribution in [0.15, 0.2) is 0 Å². The lowest BCUT2D eigenvalue weighted by molar-refractivity contribution is -0.143. The van der Waals surface area contributed by atoms with Crippen LogP contribution in [0.25, 0.3) is 0 Å². The minimum atomic E-state index is -1.06. The number of nitrogens with two attached hydrogens (primary N) is 1. The van der Waals surface area contributed by atoms with Crippen molar-refractivity contribution >= 4 is 29.5 Å². The van der Waals surface area contributed by atoms with Crippen molar-refractivity contribution < 1.29 is 24.0 Å². The standard InChI is InChI=1S/C37H62N6O5/c1-23(2)26(21-42-17-9-8-10-18-42)40-33(48)41-29(34(3,4)5)32(47)43-22-37(35(6,7)36(37)15-12-16-36)20-27(43)31(46)39-25(28(44)30(38)45)19-24-13-11-14-24/h23-27,29H,8-22H2,1-7H3,(H2,38,45)(H,39,46)(H2,40,41,48)/t25?,26-,27+,29-,37-/m1/s1. The zero-order valence-electron chi connectivity index (χ0n) is 30.6. The Morgan fingerprint density at radius 2 is 1.52 bits per heavy atom. The summed E-state index contributed by atoms with van der Waals surface area (Å²) in [6, 6.07) is -3.17. The molecule has 2 saturated heterocycles. The highest BCUT2D eigenvalue weighted by Gasteiger charge is 2.85. The summed E-state index contributed by atoms with van der Waals surface area (Å²) < 4.78 is 0. The molecular formula is C37H62N6O5. The van der Waals surface area contributed by atoms with Gasteiger partial charge in [-0.2, -0.15) is 0 Å². The van der Waals surface area contributed by atoms with Crippen LogP contribution in [0.3, 0.4) is 0 Å². The molecular weight excluding hydrogens is 608 g/mol. The average Bonchev–Trinajstić information content (AvgIpc) is 3.19. The topological polar surface area (TPSA) is 154 Å². The van der Waals surface area contributed by atoms with Crippen molar-refractivity contribution in [3.05, 3.63) is 0 Å². The highest BCUT2D eigenvalue weighted by Crippen LogP contribution is 2.88. The lowest BCUT2D eigenvalue weighted by Gasteiger charge is -2.37. The number of hydrogen-bond donors (Lipinski definition) is 4. The van der Waals surface area contributed by atoms with Crippen molar-refractivity contribution in [1.29, 1.82) is 0 Å². The fourth-order valence-corrected chi connectivity index (χ4v) is 9.80. The van der Waals surface area contributed by atoms with Gasteiger partial charge < -0.3 is 31.5 Å². The van der Waals surface area contributed by atoms with Crippen molar-refractivity contribution in [1.82, 2.24) is 25.8 Å². The Morgan fingerprint density at radius 3 is 2.00 bits per heavy atom. The van der Waals surface area contributed by atoms with Crippen LogP contribution >= 0.6 is 0 Å². The number of nitrogens with one attached hydrogen (secondary N) is 3. The number of hydrogen-bond acceptors (Lipinski definition) is 6. The third-order valence-electron chi connectivity index (χ3n) is 13.5. The van der Waals surface area contributed by atoms with Gasteiger partial charge in [-0.25, -0.2) is 4.79 Å². The van der Waals surface area contributed by atoms with Gasteiger partial charge in [-0.1, -0.05) is 80.6 Å². The number of ketones is 1. The maximum Gasteiger partial charge on any atom is 0.315 e. The second-order valence-corrected chi connectivity index (χ2v) is 17.8. The van der Waals surface area contributed by atoms with Crippen LogP contribution < -0.4 is 21.7 Å². The number of piperidine rings is 1. The number of carbonyl (C=O) groups excluding carboxylic acids is 5. The fourth-order valence-electron chi connectivity index (χ4n) is 9.80. The fraction of sp³-hybridized carbons (Fsp3) is 0.865. The van der Waals surface area contributed by atoms with Crippen LogP contribution in [0, 0.1) is 33.5 Å². The molecule has 2 spiro atoms. The van der Waals surface area contributed by atoms with E-state index in [2.05, 4.69) is 48.5 Å². The Labute approximate surface area is 287 Å². The summed E-state index contributed by atoms with van der Waals surface area (Å²) in [5.74, 6) is -2.10. The number of urea groups is 1. The Morgan fingerprint density at radius 1 is 0.875 bits per heavy atom. The van der Waals surface area contributed by atoms with E-state index in [0.717, 1.165) is 58.2 Å². The minimum absolute atomic E-state index is 0.0544. The number of carbonyl (C=O) groups is 5. The van der Waals surface area contributed by atoms with Crippen molar-refractivity contribution in [3.8, 4) is 0 Å². The van der Waals surface area contributed by atoms with Gasteiger partial charge in [0.15, 0.2) is 0 Å². The van der Waals surface area contributed by atoms with Crippen molar-refractivity contribution in [2.45, 2.75) is 143 Å². The number of Topliss-reactive ketones (excluding diaryl/α,β-unsaturated/α-hetero) is 1. The molecule has 48 heavy (non-hydrogen) atoms. The molecule has 5 amide bonds. The summed E-state index contributed by atoms with van der Waals surface area (Å²) >= 11 is 0. The SMILES string of the molecule is CC(C)[C@@H](CN1CCCCC1)NC(=O)N[C@H](C(=O)N1C[C@]2(C[C@H]1C(=O)NC(CC1CCC1)C(=O)C(N)=O)C(C)(C)C21CCC1)C(C)(C)C. The highest BCUT2D eigenvalue weighted by molar-refractivity contribution is 6.37. The number of rotatable bonds is 12. The van der Waals surface area contributed by atoms with Crippen molar-refractivity contribution in [2.75, 3.05) is 26.2 Å². The number of likely N-dealkylation sites (tertiary alicyclic amines) is 2. The van der Waals surface area contributed by atoms with E-state index in [1.165, 1.54) is 19.3 Å². The minimum Gasteiger partial charge on any atom is -0.363 e. The van der Waals surface area contributed by atoms with Gasteiger partial charge >= 0.3 is 6.03 Å². The van der Waals surface area contributed by atoms with E-state index in [-0.39, 0.29) is 46.1 Å². The zero-order valence-corrected chi connectivity index (χ0v) is 30.6. The van der Waals surface area contributed by atoms with Crippen LogP contribution in [0.4, 0.5) is 4.79 Å². The molecule has 0 aromatic heterocycles. The zero-order chi connectivity index (χ0) is 35.2. The predicted molar refractivity (Wildman–Crippen MR) is 185 cm³/mol. The lowest BCUT2D eigenvalue weighted by atomic mass is 9.73. The molecule has 5 rings (SSSR count). The van der Waals surface area contributed by atoms with E-state index >= 15 is 0 Å². The summed E-state index contributed by atoms with van der Waals surface area (Å²) in [5, 5.41) is 9.10. The Hall–Kier alpha value is -2.69. The monoisotopic (exact) mass is 670 g/mol. The lowest BCUT2D eigenvalue weighted by Crippen LogP contribution is -2.61. The molecule has 3 aliphatic carbocycles. The summed E-state index contributed by atoms with van der Waals surface area (Å²) in [4.78, 5) is 71.5. The van der Waals surface area contributed by atoms with Gasteiger partial charge in [0.1, 0.15) is 12.1 Å². The van der Waals surface area contributed by atoms with Gasteiger partial charge in [0.2, 0.25) is 17.6 Å². The molecule has 5 atom stereocenters. The van der Waals surface area contributed by atoms with E-state index in [4.69, 9.17) is 5.73 Å². The Bertz CT molecular complexity index is 1260. The largest absolute Gasteiger partial charge is 0.363 e. The summed E-state index contributed by atoms with van der Waals surface area (Å²) in [5.41, 5.74) is 4.56. The molecule has 11 nitrogen and oxygen atoms in total. The van der Waals surface area contributed by atoms with Crippen LogP contribution in [-0.2, 0) is 19.2 Å². The molecule has 5 fully saturated rings. The third kappa shape index (κ3) is 6.61. The summed E-state index contributed by atoms with van der Waals surface area (Å²) in [6.07, 6.45) is 10.7. The molecule has 0 aromatic rings. The van der Waals surface area contributed by atoms with E-state index in [9.17, 15) is 24.0 Å². The number of nitrogens with zero attached hydrogens (tertiary/aromatic N) is 2. The van der Waals surface area contributed by atoms with Crippen molar-refractivity contribution in [3.63, 3.8) is 0 Å². The van der Waals surface area contributed by atoms with Gasteiger partial charge in [-0.3, -0.25) is 19.2 Å². The van der Waals surface area contributed by atoms with E-state index < -0.39 is 41.1 Å². The number of fused-ring (bicyclic) bond motifs is 1. The molecule has 2 heterocycles. The normalized spacial score (nSPS) is 28.2. The van der Waals surface area contributed by atoms with Crippen LogP contribution in [0.5, 0.6) is 0 Å². The molecule has 0 aromatic carbocycles. The summed E-state index contributed by atoms with van der Waals surface area (Å²) in [7, 11) is 0. The number of primary amides is 1. The second kappa shape index (κ2) is 13.6. The molecule has 11 heteroatoms. The maximum atomic E-state index is 14.7. The van der Waals surface area contributed by atoms with Gasteiger partial charge in [0.25, 0.3) is 5.91 Å². The van der Waals surface area contributed by atoms with Crippen LogP contribution in [0.2, 0.25) is 0 Å². The Balaban J connectivity index is 1.37. The second-order valence-electron chi connectivity index (χ2n) is 17.8. The molecule has 5 N–H and O–H groups in total. The van der Waals surface area contributed by atoms with Crippen LogP contribution in [0.1, 0.15) is 119 Å². The van der Waals surface area contributed by atoms with Gasteiger partial charge in [0.05, 0.1) is 6.04 Å². The number of amides is 5. The maximum absolute atomic E-state index is 14.7. The molecule has 3 saturated carbocycles. The molecule has 5 aliphatic rings. The average molecular weight is 671 g/mol. The van der Waals surface area contributed by atoms with E-state index in [1.54, 1.807) is 4.90 Å². The third-order valence-corrected chi connectivity index (χ3v) is 13.5. The van der Waals surface area contributed by atoms with Gasteiger partial charge in [-0.05, 0) is 79.7 Å². The predicted octanol–water partition coefficient (Wildman–Crippen LogP) is 3.74. The molecule has 0 radical (unpaired) electrons. The highest BCUT2D eigenvalue weighted by atomic mass is 16.2. The smallest absolute Gasteiger partial charge is 0.315 e. The molecule has 2 aliphatic heterocycles. The Kier molecular flexibility index (Phi) is 10.3. The van der Waals surface area contributed by atoms with Crippen molar-refractivity contribution in [2.24, 2.45) is 39.2 Å².